The number of hydrogen-bond donors (Lipinski definition) is 2. The summed E-state index contributed by atoms with van der Waals surface area (Å²) in [5, 5.41) is 9.63. The fourth-order valence-corrected chi connectivity index (χ4v) is 2.66. The zero-order chi connectivity index (χ0) is 21.0. The lowest BCUT2D eigenvalue weighted by Crippen LogP contribution is -2.15. The Kier molecular flexibility index (Phi) is 5.82. The summed E-state index contributed by atoms with van der Waals surface area (Å²) in [6, 6.07) is 16.1. The summed E-state index contributed by atoms with van der Waals surface area (Å²) in [6.07, 6.45) is 0.130. The SMILES string of the molecule is Cc1ccc(C(=O)Nc2ccc(NC(=O)Cc3cc(C(C)(C)C)on3)cc2)cc1. The molecule has 2 aromatic carbocycles. The molecule has 0 fully saturated rings. The second kappa shape index (κ2) is 8.31. The van der Waals surface area contributed by atoms with Gasteiger partial charge >= 0.3 is 0 Å². The molecule has 3 rings (SSSR count). The summed E-state index contributed by atoms with van der Waals surface area (Å²) in [4.78, 5) is 24.5. The van der Waals surface area contributed by atoms with E-state index in [2.05, 4.69) is 15.8 Å². The van der Waals surface area contributed by atoms with Crippen LogP contribution in [0.5, 0.6) is 0 Å². The molecular weight excluding hydrogens is 366 g/mol. The van der Waals surface area contributed by atoms with E-state index in [9.17, 15) is 9.59 Å². The maximum atomic E-state index is 12.3. The number of anilines is 2. The van der Waals surface area contributed by atoms with Gasteiger partial charge in [-0.25, -0.2) is 0 Å². The van der Waals surface area contributed by atoms with Crippen LogP contribution in [0.3, 0.4) is 0 Å². The number of rotatable bonds is 5. The van der Waals surface area contributed by atoms with Gasteiger partial charge in [-0.1, -0.05) is 43.6 Å². The molecule has 1 heterocycles. The number of aromatic nitrogens is 1. The van der Waals surface area contributed by atoms with Crippen LogP contribution in [0.15, 0.2) is 59.1 Å². The summed E-state index contributed by atoms with van der Waals surface area (Å²) >= 11 is 0. The molecule has 0 spiro atoms. The lowest BCUT2D eigenvalue weighted by atomic mass is 9.93. The van der Waals surface area contributed by atoms with Crippen molar-refractivity contribution in [3.05, 3.63) is 77.2 Å². The molecule has 150 valence electrons. The lowest BCUT2D eigenvalue weighted by molar-refractivity contribution is -0.115. The highest BCUT2D eigenvalue weighted by atomic mass is 16.5. The van der Waals surface area contributed by atoms with E-state index in [0.29, 0.717) is 22.6 Å². The Balaban J connectivity index is 1.56. The maximum absolute atomic E-state index is 12.3. The first-order valence-corrected chi connectivity index (χ1v) is 9.45. The van der Waals surface area contributed by atoms with Crippen LogP contribution >= 0.6 is 0 Å². The van der Waals surface area contributed by atoms with Crippen molar-refractivity contribution in [2.45, 2.75) is 39.5 Å². The number of amides is 2. The second-order valence-corrected chi connectivity index (χ2v) is 8.05. The van der Waals surface area contributed by atoms with E-state index in [1.165, 1.54) is 0 Å². The minimum absolute atomic E-state index is 0.130. The first kappa shape index (κ1) is 20.3. The molecule has 2 amide bonds. The monoisotopic (exact) mass is 391 g/mol. The molecule has 0 aliphatic heterocycles. The summed E-state index contributed by atoms with van der Waals surface area (Å²) in [5.41, 5.74) is 3.43. The number of aryl methyl sites for hydroxylation is 1. The van der Waals surface area contributed by atoms with Gasteiger partial charge in [-0.15, -0.1) is 0 Å². The highest BCUT2D eigenvalue weighted by Gasteiger charge is 2.20. The van der Waals surface area contributed by atoms with Gasteiger partial charge in [0.15, 0.2) is 0 Å². The van der Waals surface area contributed by atoms with Gasteiger partial charge < -0.3 is 15.2 Å². The standard InChI is InChI=1S/C23H25N3O3/c1-15-5-7-16(8-6-15)22(28)25-18-11-9-17(10-12-18)24-21(27)14-19-13-20(29-26-19)23(2,3)4/h5-13H,14H2,1-4H3,(H,24,27)(H,25,28). The summed E-state index contributed by atoms with van der Waals surface area (Å²) in [7, 11) is 0. The quantitative estimate of drug-likeness (QED) is 0.659. The van der Waals surface area contributed by atoms with Crippen LogP contribution in [0.25, 0.3) is 0 Å². The molecule has 3 aromatic rings. The van der Waals surface area contributed by atoms with Crippen LogP contribution in [-0.4, -0.2) is 17.0 Å². The van der Waals surface area contributed by atoms with Crippen LogP contribution in [0.4, 0.5) is 11.4 Å². The van der Waals surface area contributed by atoms with Crippen molar-refractivity contribution < 1.29 is 14.1 Å². The molecule has 2 N–H and O–H groups in total. The summed E-state index contributed by atoms with van der Waals surface area (Å²) in [6.45, 7) is 8.05. The third kappa shape index (κ3) is 5.54. The Morgan fingerprint density at radius 3 is 2.07 bits per heavy atom. The molecule has 0 atom stereocenters. The van der Waals surface area contributed by atoms with E-state index in [1.54, 1.807) is 36.4 Å². The maximum Gasteiger partial charge on any atom is 0.255 e. The third-order valence-electron chi connectivity index (χ3n) is 4.38. The lowest BCUT2D eigenvalue weighted by Gasteiger charge is -2.12. The zero-order valence-corrected chi connectivity index (χ0v) is 17.1. The average Bonchev–Trinajstić information content (AvgIpc) is 3.12. The van der Waals surface area contributed by atoms with Crippen LogP contribution in [-0.2, 0) is 16.6 Å². The van der Waals surface area contributed by atoms with E-state index >= 15 is 0 Å². The van der Waals surface area contributed by atoms with Crippen LogP contribution < -0.4 is 10.6 Å². The number of benzene rings is 2. The van der Waals surface area contributed by atoms with Crippen molar-refractivity contribution in [3.63, 3.8) is 0 Å². The van der Waals surface area contributed by atoms with Gasteiger partial charge in [-0.3, -0.25) is 9.59 Å². The van der Waals surface area contributed by atoms with E-state index in [1.807, 2.05) is 45.9 Å². The van der Waals surface area contributed by atoms with Gasteiger partial charge in [0.1, 0.15) is 5.76 Å². The number of carbonyl (C=O) groups excluding carboxylic acids is 2. The Bertz CT molecular complexity index is 997. The minimum Gasteiger partial charge on any atom is -0.361 e. The topological polar surface area (TPSA) is 84.2 Å². The molecule has 0 saturated carbocycles. The molecule has 6 nitrogen and oxygen atoms in total. The molecule has 0 bridgehead atoms. The molecule has 0 aliphatic carbocycles. The van der Waals surface area contributed by atoms with Crippen molar-refractivity contribution in [2.24, 2.45) is 0 Å². The van der Waals surface area contributed by atoms with Crippen LogP contribution in [0.1, 0.15) is 48.1 Å². The average molecular weight is 391 g/mol. The van der Waals surface area contributed by atoms with Gasteiger partial charge in [-0.2, -0.15) is 0 Å². The fraction of sp³-hybridized carbons (Fsp3) is 0.261. The van der Waals surface area contributed by atoms with Crippen LogP contribution in [0, 0.1) is 6.92 Å². The van der Waals surface area contributed by atoms with E-state index < -0.39 is 0 Å². The number of nitrogens with zero attached hydrogens (tertiary/aromatic N) is 1. The van der Waals surface area contributed by atoms with Crippen molar-refractivity contribution in [2.75, 3.05) is 10.6 Å². The van der Waals surface area contributed by atoms with E-state index in [-0.39, 0.29) is 23.7 Å². The second-order valence-electron chi connectivity index (χ2n) is 8.05. The molecule has 6 heteroatoms. The van der Waals surface area contributed by atoms with Gasteiger partial charge in [0.05, 0.1) is 12.1 Å². The van der Waals surface area contributed by atoms with E-state index in [4.69, 9.17) is 4.52 Å². The predicted octanol–water partition coefficient (Wildman–Crippen LogP) is 4.71. The predicted molar refractivity (Wildman–Crippen MR) is 113 cm³/mol. The number of nitrogens with one attached hydrogen (secondary N) is 2. The Morgan fingerprint density at radius 1 is 0.931 bits per heavy atom. The van der Waals surface area contributed by atoms with Crippen LogP contribution in [0.2, 0.25) is 0 Å². The highest BCUT2D eigenvalue weighted by Crippen LogP contribution is 2.23. The summed E-state index contributed by atoms with van der Waals surface area (Å²) in [5.74, 6) is 0.381. The molecule has 0 radical (unpaired) electrons. The minimum atomic E-state index is -0.185. The Labute approximate surface area is 170 Å². The zero-order valence-electron chi connectivity index (χ0n) is 17.1. The smallest absolute Gasteiger partial charge is 0.255 e. The molecule has 1 aromatic heterocycles. The molecule has 0 unspecified atom stereocenters. The summed E-state index contributed by atoms with van der Waals surface area (Å²) < 4.78 is 5.31. The third-order valence-corrected chi connectivity index (χ3v) is 4.38. The largest absolute Gasteiger partial charge is 0.361 e. The molecular formula is C23H25N3O3. The molecule has 29 heavy (non-hydrogen) atoms. The molecule has 0 saturated heterocycles. The Hall–Kier alpha value is -3.41. The first-order chi connectivity index (χ1) is 13.7. The molecule has 0 aliphatic rings. The number of carbonyl (C=O) groups is 2. The number of hydrogen-bond acceptors (Lipinski definition) is 4. The van der Waals surface area contributed by atoms with Crippen molar-refractivity contribution in [1.29, 1.82) is 0 Å². The normalized spacial score (nSPS) is 11.2. The van der Waals surface area contributed by atoms with Gasteiger partial charge in [0.25, 0.3) is 5.91 Å². The highest BCUT2D eigenvalue weighted by molar-refractivity contribution is 6.04. The van der Waals surface area contributed by atoms with Gasteiger partial charge in [0, 0.05) is 28.4 Å². The fourth-order valence-electron chi connectivity index (χ4n) is 2.66. The first-order valence-electron chi connectivity index (χ1n) is 9.45. The van der Waals surface area contributed by atoms with Crippen molar-refractivity contribution in [1.82, 2.24) is 5.16 Å². The Morgan fingerprint density at radius 2 is 1.52 bits per heavy atom. The van der Waals surface area contributed by atoms with Crippen molar-refractivity contribution in [3.8, 4) is 0 Å². The van der Waals surface area contributed by atoms with Gasteiger partial charge in [-0.05, 0) is 43.3 Å². The van der Waals surface area contributed by atoms with E-state index in [0.717, 1.165) is 11.3 Å². The van der Waals surface area contributed by atoms with Crippen molar-refractivity contribution >= 4 is 23.2 Å². The van der Waals surface area contributed by atoms with Gasteiger partial charge in [0.2, 0.25) is 5.91 Å².